The summed E-state index contributed by atoms with van der Waals surface area (Å²) in [6.07, 6.45) is 57.3. The lowest BCUT2D eigenvalue weighted by Gasteiger charge is -2.40. The first-order chi connectivity index (χ1) is 32.3. The zero-order chi connectivity index (χ0) is 48.0. The smallest absolute Gasteiger partial charge is 0.220 e. The number of aliphatic hydroxyl groups excluding tert-OH is 5. The third-order valence-electron chi connectivity index (χ3n) is 12.5. The SMILES string of the molecule is CC/C=C\C/C=C\C/C=C\C/C=C\CCCCCCCCCCCCCCCCCCCCCCCCC(=O)NC(COC1OC(CO)C(O)C(O)C1O)C(O)/C=C/CC/C=C/CCCC. The molecule has 0 aromatic heterocycles. The topological polar surface area (TPSA) is 149 Å². The first-order valence-corrected chi connectivity index (χ1v) is 27.2. The van der Waals surface area contributed by atoms with Crippen LogP contribution in [0.25, 0.3) is 0 Å². The molecule has 0 bridgehead atoms. The van der Waals surface area contributed by atoms with Gasteiger partial charge in [-0.2, -0.15) is 0 Å². The van der Waals surface area contributed by atoms with E-state index in [1.165, 1.54) is 135 Å². The number of hydrogen-bond donors (Lipinski definition) is 6. The van der Waals surface area contributed by atoms with Crippen LogP contribution in [-0.2, 0) is 14.3 Å². The number of rotatable bonds is 45. The lowest BCUT2D eigenvalue weighted by Crippen LogP contribution is -2.60. The predicted molar refractivity (Wildman–Crippen MR) is 276 cm³/mol. The van der Waals surface area contributed by atoms with Crippen LogP contribution in [0.3, 0.4) is 0 Å². The first kappa shape index (κ1) is 61.6. The van der Waals surface area contributed by atoms with Gasteiger partial charge in [0.15, 0.2) is 6.29 Å². The van der Waals surface area contributed by atoms with E-state index in [0.29, 0.717) is 6.42 Å². The zero-order valence-electron chi connectivity index (χ0n) is 42.2. The second kappa shape index (κ2) is 46.4. The first-order valence-electron chi connectivity index (χ1n) is 27.2. The molecule has 6 N–H and O–H groups in total. The van der Waals surface area contributed by atoms with Gasteiger partial charge in [0.05, 0.1) is 25.4 Å². The van der Waals surface area contributed by atoms with Crippen molar-refractivity contribution in [1.29, 1.82) is 0 Å². The molecule has 66 heavy (non-hydrogen) atoms. The van der Waals surface area contributed by atoms with Crippen LogP contribution in [0.4, 0.5) is 0 Å². The van der Waals surface area contributed by atoms with Crippen LogP contribution >= 0.6 is 0 Å². The van der Waals surface area contributed by atoms with Crippen LogP contribution in [0.1, 0.15) is 226 Å². The zero-order valence-corrected chi connectivity index (χ0v) is 42.2. The molecule has 0 radical (unpaired) electrons. The van der Waals surface area contributed by atoms with Crippen LogP contribution in [0.5, 0.6) is 0 Å². The molecule has 1 saturated heterocycles. The normalized spacial score (nSPS) is 20.4. The molecule has 1 fully saturated rings. The third kappa shape index (κ3) is 35.7. The van der Waals surface area contributed by atoms with Gasteiger partial charge in [-0.1, -0.05) is 228 Å². The molecule has 7 atom stereocenters. The van der Waals surface area contributed by atoms with Gasteiger partial charge in [0.1, 0.15) is 24.4 Å². The maximum atomic E-state index is 12.9. The molecule has 0 saturated carbocycles. The van der Waals surface area contributed by atoms with E-state index in [4.69, 9.17) is 9.47 Å². The fraction of sp³-hybridized carbons (Fsp3) is 0.772. The summed E-state index contributed by atoms with van der Waals surface area (Å²) in [6.45, 7) is 3.57. The number of carbonyl (C=O) groups excluding carboxylic acids is 1. The Balaban J connectivity index is 2.04. The van der Waals surface area contributed by atoms with Crippen LogP contribution in [0.15, 0.2) is 72.9 Å². The summed E-state index contributed by atoms with van der Waals surface area (Å²) >= 11 is 0. The van der Waals surface area contributed by atoms with Gasteiger partial charge >= 0.3 is 0 Å². The standard InChI is InChI=1S/C57H101NO8/c1-3-5-7-9-11-13-14-15-16-17-18-19-20-21-22-23-24-25-26-27-28-29-30-31-32-33-34-35-36-37-38-39-41-43-45-47-53(61)58-50(51(60)46-44-42-40-12-10-8-6-4-2)49-65-57-56(64)55(63)54(62)52(48-59)66-57/h5,7,10-13,15-16,18-19,44,46,50-52,54-57,59-60,62-64H,3-4,6,8-9,14,17,20-43,45,47-49H2,1-2H3,(H,58,61)/b7-5-,12-10+,13-11-,16-15-,19-18-,46-44+. The summed E-state index contributed by atoms with van der Waals surface area (Å²) in [4.78, 5) is 12.9. The fourth-order valence-electron chi connectivity index (χ4n) is 8.21. The second-order valence-electron chi connectivity index (χ2n) is 18.6. The number of nitrogens with one attached hydrogen (secondary N) is 1. The number of allylic oxidation sites excluding steroid dienone is 11. The van der Waals surface area contributed by atoms with Gasteiger partial charge in [-0.05, 0) is 64.2 Å². The molecule has 9 heteroatoms. The van der Waals surface area contributed by atoms with E-state index in [2.05, 4.69) is 79.9 Å². The van der Waals surface area contributed by atoms with Gasteiger partial charge in [0.25, 0.3) is 0 Å². The number of unbranched alkanes of at least 4 members (excludes halogenated alkanes) is 25. The van der Waals surface area contributed by atoms with Crippen molar-refractivity contribution in [2.45, 2.75) is 269 Å². The summed E-state index contributed by atoms with van der Waals surface area (Å²) in [5.74, 6) is -0.190. The Labute approximate surface area is 404 Å². The molecule has 1 rings (SSSR count). The lowest BCUT2D eigenvalue weighted by atomic mass is 9.99. The number of aliphatic hydroxyl groups is 5. The molecule has 7 unspecified atom stereocenters. The van der Waals surface area contributed by atoms with E-state index in [1.807, 2.05) is 6.08 Å². The van der Waals surface area contributed by atoms with Crippen LogP contribution in [-0.4, -0.2) is 87.5 Å². The Morgan fingerprint density at radius 3 is 1.45 bits per heavy atom. The minimum atomic E-state index is -1.57. The second-order valence-corrected chi connectivity index (χ2v) is 18.6. The molecule has 1 heterocycles. The number of ether oxygens (including phenoxy) is 2. The summed E-state index contributed by atoms with van der Waals surface area (Å²) < 4.78 is 11.2. The van der Waals surface area contributed by atoms with E-state index in [-0.39, 0.29) is 12.5 Å². The maximum Gasteiger partial charge on any atom is 0.220 e. The maximum absolute atomic E-state index is 12.9. The molecule has 1 aliphatic heterocycles. The highest BCUT2D eigenvalue weighted by Crippen LogP contribution is 2.23. The molecule has 0 aliphatic carbocycles. The molecular formula is C57H101NO8. The Morgan fingerprint density at radius 1 is 0.530 bits per heavy atom. The highest BCUT2D eigenvalue weighted by atomic mass is 16.7. The Morgan fingerprint density at radius 2 is 0.955 bits per heavy atom. The van der Waals surface area contributed by atoms with Crippen molar-refractivity contribution in [2.75, 3.05) is 13.2 Å². The van der Waals surface area contributed by atoms with E-state index in [9.17, 15) is 30.3 Å². The highest BCUT2D eigenvalue weighted by Gasteiger charge is 2.44. The van der Waals surface area contributed by atoms with Gasteiger partial charge < -0.3 is 40.3 Å². The average Bonchev–Trinajstić information content (AvgIpc) is 3.32. The van der Waals surface area contributed by atoms with Crippen LogP contribution < -0.4 is 5.32 Å². The van der Waals surface area contributed by atoms with Crippen LogP contribution in [0.2, 0.25) is 0 Å². The minimum absolute atomic E-state index is 0.190. The van der Waals surface area contributed by atoms with Crippen molar-refractivity contribution in [2.24, 2.45) is 0 Å². The monoisotopic (exact) mass is 928 g/mol. The Bertz CT molecular complexity index is 1260. The molecule has 9 nitrogen and oxygen atoms in total. The summed E-state index contributed by atoms with van der Waals surface area (Å²) in [7, 11) is 0. The van der Waals surface area contributed by atoms with E-state index in [1.54, 1.807) is 6.08 Å². The average molecular weight is 928 g/mol. The summed E-state index contributed by atoms with van der Waals surface area (Å²) in [5.41, 5.74) is 0. The van der Waals surface area contributed by atoms with Crippen LogP contribution in [0, 0.1) is 0 Å². The van der Waals surface area contributed by atoms with E-state index >= 15 is 0 Å². The van der Waals surface area contributed by atoms with Gasteiger partial charge in [0, 0.05) is 6.42 Å². The summed E-state index contributed by atoms with van der Waals surface area (Å²) in [5, 5.41) is 54.0. The Kier molecular flexibility index (Phi) is 43.3. The summed E-state index contributed by atoms with van der Waals surface area (Å²) in [6, 6.07) is -0.819. The van der Waals surface area contributed by atoms with E-state index < -0.39 is 49.5 Å². The molecular weight excluding hydrogens is 827 g/mol. The number of carbonyl (C=O) groups is 1. The van der Waals surface area contributed by atoms with Crippen molar-refractivity contribution in [3.63, 3.8) is 0 Å². The predicted octanol–water partition coefficient (Wildman–Crippen LogP) is 12.9. The van der Waals surface area contributed by atoms with Gasteiger partial charge in [-0.25, -0.2) is 0 Å². The Hall–Kier alpha value is -2.37. The highest BCUT2D eigenvalue weighted by molar-refractivity contribution is 5.76. The molecule has 382 valence electrons. The third-order valence-corrected chi connectivity index (χ3v) is 12.5. The minimum Gasteiger partial charge on any atom is -0.394 e. The van der Waals surface area contributed by atoms with Gasteiger partial charge in [-0.3, -0.25) is 4.79 Å². The van der Waals surface area contributed by atoms with E-state index in [0.717, 1.165) is 70.6 Å². The fourth-order valence-corrected chi connectivity index (χ4v) is 8.21. The quantitative estimate of drug-likeness (QED) is 0.0261. The van der Waals surface area contributed by atoms with Gasteiger partial charge in [0.2, 0.25) is 5.91 Å². The lowest BCUT2D eigenvalue weighted by molar-refractivity contribution is -0.302. The molecule has 0 aromatic carbocycles. The molecule has 1 aliphatic rings. The van der Waals surface area contributed by atoms with Crippen molar-refractivity contribution in [3.05, 3.63) is 72.9 Å². The van der Waals surface area contributed by atoms with Crippen molar-refractivity contribution in [1.82, 2.24) is 5.32 Å². The number of hydrogen-bond acceptors (Lipinski definition) is 8. The van der Waals surface area contributed by atoms with Gasteiger partial charge in [-0.15, -0.1) is 0 Å². The molecule has 0 aromatic rings. The molecule has 0 spiro atoms. The van der Waals surface area contributed by atoms with Crippen molar-refractivity contribution >= 4 is 5.91 Å². The molecule has 1 amide bonds. The van der Waals surface area contributed by atoms with Crippen molar-refractivity contribution < 1.29 is 39.8 Å². The largest absolute Gasteiger partial charge is 0.394 e. The number of amides is 1. The van der Waals surface area contributed by atoms with Crippen molar-refractivity contribution in [3.8, 4) is 0 Å².